The number of hydrogen-bond donors (Lipinski definition) is 2. The summed E-state index contributed by atoms with van der Waals surface area (Å²) in [6.45, 7) is 4.66. The molecule has 1 rings (SSSR count). The highest BCUT2D eigenvalue weighted by molar-refractivity contribution is 5.67. The first-order valence-corrected chi connectivity index (χ1v) is 6.41. The average Bonchev–Trinajstić information content (AvgIpc) is 2.44. The van der Waals surface area contributed by atoms with Crippen LogP contribution in [0.25, 0.3) is 0 Å². The fourth-order valence-electron chi connectivity index (χ4n) is 1.42. The summed E-state index contributed by atoms with van der Waals surface area (Å²) in [4.78, 5) is 26.6. The van der Waals surface area contributed by atoms with Gasteiger partial charge in [-0.05, 0) is 26.0 Å². The summed E-state index contributed by atoms with van der Waals surface area (Å²) in [6, 6.07) is 5.36. The van der Waals surface area contributed by atoms with Crippen LogP contribution in [0.2, 0.25) is 0 Å². The number of nitrogens with one attached hydrogen (secondary N) is 2. The van der Waals surface area contributed by atoms with Gasteiger partial charge in [-0.25, -0.2) is 9.59 Å². The molecule has 20 heavy (non-hydrogen) atoms. The normalized spacial score (nSPS) is 9.70. The number of aromatic nitrogens is 1. The number of carbonyl (C=O) groups is 2. The molecule has 7 nitrogen and oxygen atoms in total. The van der Waals surface area contributed by atoms with Crippen LogP contribution in [0.15, 0.2) is 18.2 Å². The molecule has 0 aromatic carbocycles. The number of carbonyl (C=O) groups excluding carboxylic acids is 2. The Balaban J connectivity index is 2.45. The van der Waals surface area contributed by atoms with Crippen molar-refractivity contribution in [2.45, 2.75) is 26.9 Å². The second-order valence-corrected chi connectivity index (χ2v) is 3.77. The molecule has 0 atom stereocenters. The fraction of sp³-hybridized carbons (Fsp3) is 0.462. The highest BCUT2D eigenvalue weighted by atomic mass is 16.5. The van der Waals surface area contributed by atoms with E-state index >= 15 is 0 Å². The van der Waals surface area contributed by atoms with Crippen molar-refractivity contribution in [3.05, 3.63) is 29.6 Å². The van der Waals surface area contributed by atoms with Crippen molar-refractivity contribution < 1.29 is 19.1 Å². The zero-order valence-electron chi connectivity index (χ0n) is 11.6. The Hall–Kier alpha value is -2.31. The Bertz CT molecular complexity index is 414. The minimum atomic E-state index is -0.482. The highest BCUT2D eigenvalue weighted by Gasteiger charge is 2.04. The largest absolute Gasteiger partial charge is 0.450 e. The quantitative estimate of drug-likeness (QED) is 0.826. The van der Waals surface area contributed by atoms with Gasteiger partial charge in [0.05, 0.1) is 37.7 Å². The van der Waals surface area contributed by atoms with Crippen LogP contribution < -0.4 is 10.6 Å². The van der Waals surface area contributed by atoms with Crippen LogP contribution in [-0.2, 0) is 22.6 Å². The highest BCUT2D eigenvalue weighted by Crippen LogP contribution is 2.00. The van der Waals surface area contributed by atoms with E-state index in [0.717, 1.165) is 0 Å². The molecule has 1 aromatic heterocycles. The molecule has 2 N–H and O–H groups in total. The molecular formula is C13H19N3O4. The van der Waals surface area contributed by atoms with E-state index in [1.54, 1.807) is 32.0 Å². The van der Waals surface area contributed by atoms with Gasteiger partial charge < -0.3 is 20.1 Å². The first-order valence-electron chi connectivity index (χ1n) is 6.41. The zero-order valence-corrected chi connectivity index (χ0v) is 11.6. The average molecular weight is 281 g/mol. The van der Waals surface area contributed by atoms with Gasteiger partial charge in [-0.1, -0.05) is 6.07 Å². The van der Waals surface area contributed by atoms with E-state index in [1.165, 1.54) is 0 Å². The lowest BCUT2D eigenvalue weighted by molar-refractivity contribution is 0.151. The summed E-state index contributed by atoms with van der Waals surface area (Å²) >= 11 is 0. The number of nitrogens with zero attached hydrogens (tertiary/aromatic N) is 1. The van der Waals surface area contributed by atoms with Crippen LogP contribution in [-0.4, -0.2) is 30.4 Å². The minimum Gasteiger partial charge on any atom is -0.450 e. The van der Waals surface area contributed by atoms with Crippen molar-refractivity contribution in [3.63, 3.8) is 0 Å². The molecule has 0 fully saturated rings. The van der Waals surface area contributed by atoms with Crippen LogP contribution in [0, 0.1) is 0 Å². The van der Waals surface area contributed by atoms with Crippen molar-refractivity contribution in [2.24, 2.45) is 0 Å². The molecule has 0 aliphatic rings. The summed E-state index contributed by atoms with van der Waals surface area (Å²) in [5.74, 6) is 0. The van der Waals surface area contributed by atoms with Gasteiger partial charge in [-0.15, -0.1) is 0 Å². The van der Waals surface area contributed by atoms with Gasteiger partial charge in [0.25, 0.3) is 0 Å². The molecule has 0 spiro atoms. The molecule has 0 saturated heterocycles. The van der Waals surface area contributed by atoms with Gasteiger partial charge in [-0.3, -0.25) is 4.98 Å². The summed E-state index contributed by atoms with van der Waals surface area (Å²) in [5, 5.41) is 5.15. The van der Waals surface area contributed by atoms with E-state index in [0.29, 0.717) is 24.6 Å². The Morgan fingerprint density at radius 2 is 1.45 bits per heavy atom. The number of rotatable bonds is 6. The van der Waals surface area contributed by atoms with E-state index < -0.39 is 12.2 Å². The molecule has 7 heteroatoms. The molecular weight excluding hydrogens is 262 g/mol. The third kappa shape index (κ3) is 6.03. The number of alkyl carbamates (subject to hydrolysis) is 2. The van der Waals surface area contributed by atoms with Gasteiger partial charge >= 0.3 is 12.2 Å². The monoisotopic (exact) mass is 281 g/mol. The van der Waals surface area contributed by atoms with Crippen LogP contribution >= 0.6 is 0 Å². The third-order valence-corrected chi connectivity index (χ3v) is 2.24. The molecule has 110 valence electrons. The van der Waals surface area contributed by atoms with Crippen molar-refractivity contribution in [1.82, 2.24) is 15.6 Å². The van der Waals surface area contributed by atoms with E-state index in [-0.39, 0.29) is 13.1 Å². The lowest BCUT2D eigenvalue weighted by Gasteiger charge is -2.07. The predicted octanol–water partition coefficient (Wildman–Crippen LogP) is 1.57. The van der Waals surface area contributed by atoms with Crippen LogP contribution in [0.1, 0.15) is 25.2 Å². The van der Waals surface area contributed by atoms with E-state index in [1.807, 2.05) is 0 Å². The Labute approximate surface area is 117 Å². The van der Waals surface area contributed by atoms with Gasteiger partial charge in [0, 0.05) is 0 Å². The molecule has 2 amide bonds. The van der Waals surface area contributed by atoms with Crippen LogP contribution in [0.3, 0.4) is 0 Å². The Morgan fingerprint density at radius 1 is 1.00 bits per heavy atom. The molecule has 0 saturated carbocycles. The first-order chi connectivity index (χ1) is 9.65. The predicted molar refractivity (Wildman–Crippen MR) is 72.0 cm³/mol. The van der Waals surface area contributed by atoms with Gasteiger partial charge in [-0.2, -0.15) is 0 Å². The molecule has 1 heterocycles. The van der Waals surface area contributed by atoms with Crippen molar-refractivity contribution >= 4 is 12.2 Å². The van der Waals surface area contributed by atoms with Gasteiger partial charge in [0.1, 0.15) is 0 Å². The number of amides is 2. The van der Waals surface area contributed by atoms with E-state index in [4.69, 9.17) is 9.47 Å². The van der Waals surface area contributed by atoms with E-state index in [9.17, 15) is 9.59 Å². The Morgan fingerprint density at radius 3 is 1.85 bits per heavy atom. The number of pyridine rings is 1. The number of hydrogen-bond acceptors (Lipinski definition) is 5. The van der Waals surface area contributed by atoms with Crippen LogP contribution in [0.4, 0.5) is 9.59 Å². The SMILES string of the molecule is CCOC(=O)NCc1cccc(CNC(=O)OCC)n1. The molecule has 0 aliphatic carbocycles. The van der Waals surface area contributed by atoms with Crippen LogP contribution in [0.5, 0.6) is 0 Å². The maximum Gasteiger partial charge on any atom is 0.407 e. The Kier molecular flexibility index (Phi) is 6.88. The molecule has 0 radical (unpaired) electrons. The van der Waals surface area contributed by atoms with Crippen molar-refractivity contribution in [1.29, 1.82) is 0 Å². The molecule has 0 bridgehead atoms. The summed E-state index contributed by atoms with van der Waals surface area (Å²) in [7, 11) is 0. The second kappa shape index (κ2) is 8.73. The first kappa shape index (κ1) is 15.7. The smallest absolute Gasteiger partial charge is 0.407 e. The van der Waals surface area contributed by atoms with Gasteiger partial charge in [0.15, 0.2) is 0 Å². The van der Waals surface area contributed by atoms with Gasteiger partial charge in [0.2, 0.25) is 0 Å². The lowest BCUT2D eigenvalue weighted by atomic mass is 10.3. The van der Waals surface area contributed by atoms with Crippen molar-refractivity contribution in [3.8, 4) is 0 Å². The summed E-state index contributed by atoms with van der Waals surface area (Å²) in [5.41, 5.74) is 1.36. The summed E-state index contributed by atoms with van der Waals surface area (Å²) in [6.07, 6.45) is -0.964. The maximum atomic E-state index is 11.2. The molecule has 1 aromatic rings. The topological polar surface area (TPSA) is 89.6 Å². The standard InChI is InChI=1S/C13H19N3O4/c1-3-19-12(17)14-8-10-6-5-7-11(16-10)9-15-13(18)20-4-2/h5-7H,3-4,8-9H2,1-2H3,(H,14,17)(H,15,18). The third-order valence-electron chi connectivity index (χ3n) is 2.24. The van der Waals surface area contributed by atoms with Crippen molar-refractivity contribution in [2.75, 3.05) is 13.2 Å². The fourth-order valence-corrected chi connectivity index (χ4v) is 1.42. The zero-order chi connectivity index (χ0) is 14.8. The second-order valence-electron chi connectivity index (χ2n) is 3.77. The van der Waals surface area contributed by atoms with E-state index in [2.05, 4.69) is 15.6 Å². The summed E-state index contributed by atoms with van der Waals surface area (Å²) < 4.78 is 9.50. The lowest BCUT2D eigenvalue weighted by Crippen LogP contribution is -2.25. The number of ether oxygens (including phenoxy) is 2. The molecule has 0 aliphatic heterocycles. The molecule has 0 unspecified atom stereocenters. The maximum absolute atomic E-state index is 11.2. The minimum absolute atomic E-state index is 0.270.